The van der Waals surface area contributed by atoms with Crippen molar-refractivity contribution in [2.75, 3.05) is 17.7 Å². The van der Waals surface area contributed by atoms with Gasteiger partial charge in [0.1, 0.15) is 0 Å². The molecule has 0 spiro atoms. The minimum atomic E-state index is -0.401. The lowest BCUT2D eigenvalue weighted by Gasteiger charge is -2.12. The van der Waals surface area contributed by atoms with Gasteiger partial charge in [0.25, 0.3) is 5.56 Å². The zero-order valence-electron chi connectivity index (χ0n) is 16.9. The first-order valence-corrected chi connectivity index (χ1v) is 10.7. The van der Waals surface area contributed by atoms with Crippen molar-refractivity contribution in [3.63, 3.8) is 0 Å². The number of nitrogens with one attached hydrogen (secondary N) is 1. The van der Waals surface area contributed by atoms with E-state index < -0.39 is 5.97 Å². The number of benzene rings is 2. The van der Waals surface area contributed by atoms with E-state index in [0.29, 0.717) is 40.5 Å². The Labute approximate surface area is 178 Å². The number of anilines is 1. The Bertz CT molecular complexity index is 1110. The third-order valence-corrected chi connectivity index (χ3v) is 5.26. The van der Waals surface area contributed by atoms with Crippen LogP contribution in [0.15, 0.2) is 58.5 Å². The normalized spacial score (nSPS) is 10.7. The number of ether oxygens (including phenoxy) is 1. The molecule has 3 rings (SSSR count). The van der Waals surface area contributed by atoms with Crippen molar-refractivity contribution in [1.82, 2.24) is 9.55 Å². The van der Waals surface area contributed by atoms with Crippen LogP contribution in [0.4, 0.5) is 5.69 Å². The Hall–Kier alpha value is -3.13. The predicted molar refractivity (Wildman–Crippen MR) is 118 cm³/mol. The van der Waals surface area contributed by atoms with Crippen LogP contribution in [-0.4, -0.2) is 33.8 Å². The zero-order valence-corrected chi connectivity index (χ0v) is 17.7. The minimum absolute atomic E-state index is 0.0973. The van der Waals surface area contributed by atoms with Gasteiger partial charge in [0.15, 0.2) is 5.16 Å². The molecule has 0 radical (unpaired) electrons. The van der Waals surface area contributed by atoms with Crippen molar-refractivity contribution >= 4 is 40.2 Å². The molecule has 156 valence electrons. The molecule has 1 aromatic heterocycles. The second kappa shape index (κ2) is 10.1. The second-order valence-electron chi connectivity index (χ2n) is 6.50. The van der Waals surface area contributed by atoms with Crippen molar-refractivity contribution in [2.45, 2.75) is 32.0 Å². The maximum absolute atomic E-state index is 12.8. The molecule has 1 amide bonds. The van der Waals surface area contributed by atoms with Gasteiger partial charge in [-0.05, 0) is 49.7 Å². The van der Waals surface area contributed by atoms with Crippen LogP contribution in [0.1, 0.15) is 30.6 Å². The van der Waals surface area contributed by atoms with E-state index in [-0.39, 0.29) is 17.2 Å². The Kier molecular flexibility index (Phi) is 7.24. The minimum Gasteiger partial charge on any atom is -0.462 e. The molecular formula is C22H23N3O4S. The lowest BCUT2D eigenvalue weighted by molar-refractivity contribution is -0.113. The van der Waals surface area contributed by atoms with Crippen LogP contribution in [0.2, 0.25) is 0 Å². The average molecular weight is 426 g/mol. The number of rotatable bonds is 8. The zero-order chi connectivity index (χ0) is 21.5. The Balaban J connectivity index is 1.70. The highest BCUT2D eigenvalue weighted by Crippen LogP contribution is 2.19. The summed E-state index contributed by atoms with van der Waals surface area (Å²) in [4.78, 5) is 41.4. The molecule has 0 bridgehead atoms. The topological polar surface area (TPSA) is 90.3 Å². The van der Waals surface area contributed by atoms with Gasteiger partial charge in [-0.2, -0.15) is 0 Å². The highest BCUT2D eigenvalue weighted by Gasteiger charge is 2.13. The molecule has 0 aliphatic heterocycles. The quantitative estimate of drug-likeness (QED) is 0.336. The van der Waals surface area contributed by atoms with Crippen LogP contribution < -0.4 is 10.9 Å². The largest absolute Gasteiger partial charge is 0.462 e. The molecule has 0 fully saturated rings. The first kappa shape index (κ1) is 21.6. The van der Waals surface area contributed by atoms with Gasteiger partial charge < -0.3 is 10.1 Å². The van der Waals surface area contributed by atoms with Gasteiger partial charge in [-0.15, -0.1) is 0 Å². The molecule has 1 heterocycles. The maximum Gasteiger partial charge on any atom is 0.338 e. The van der Waals surface area contributed by atoms with E-state index >= 15 is 0 Å². The van der Waals surface area contributed by atoms with E-state index in [0.717, 1.165) is 6.42 Å². The number of nitrogens with zero attached hydrogens (tertiary/aromatic N) is 2. The maximum atomic E-state index is 12.8. The summed E-state index contributed by atoms with van der Waals surface area (Å²) in [5.41, 5.74) is 1.52. The average Bonchev–Trinajstić information content (AvgIpc) is 2.75. The smallest absolute Gasteiger partial charge is 0.338 e. The molecule has 0 saturated heterocycles. The number of thioether (sulfide) groups is 1. The number of para-hydroxylation sites is 1. The summed E-state index contributed by atoms with van der Waals surface area (Å²) in [6.45, 7) is 4.58. The van der Waals surface area contributed by atoms with Crippen molar-refractivity contribution in [2.24, 2.45) is 0 Å². The lowest BCUT2D eigenvalue weighted by Crippen LogP contribution is -2.24. The summed E-state index contributed by atoms with van der Waals surface area (Å²) in [5, 5.41) is 3.88. The molecule has 0 unspecified atom stereocenters. The number of esters is 1. The summed E-state index contributed by atoms with van der Waals surface area (Å²) < 4.78 is 6.56. The van der Waals surface area contributed by atoms with Gasteiger partial charge in [-0.3, -0.25) is 14.2 Å². The monoisotopic (exact) mass is 425 g/mol. The van der Waals surface area contributed by atoms with Crippen molar-refractivity contribution in [3.05, 3.63) is 64.4 Å². The number of carbonyl (C=O) groups is 2. The molecule has 0 atom stereocenters. The summed E-state index contributed by atoms with van der Waals surface area (Å²) in [6.07, 6.45) is 0.784. The molecule has 3 aromatic rings. The van der Waals surface area contributed by atoms with Crippen LogP contribution in [-0.2, 0) is 16.1 Å². The fourth-order valence-corrected chi connectivity index (χ4v) is 3.74. The van der Waals surface area contributed by atoms with Crippen molar-refractivity contribution < 1.29 is 14.3 Å². The van der Waals surface area contributed by atoms with Crippen LogP contribution in [0.25, 0.3) is 10.9 Å². The third kappa shape index (κ3) is 5.07. The SMILES string of the molecule is CCCn1c(SCC(=O)Nc2ccc(C(=O)OCC)cc2)nc2ccccc2c1=O. The van der Waals surface area contributed by atoms with Crippen LogP contribution in [0.5, 0.6) is 0 Å². The summed E-state index contributed by atoms with van der Waals surface area (Å²) in [5.74, 6) is -0.523. The lowest BCUT2D eigenvalue weighted by atomic mass is 10.2. The first-order valence-electron chi connectivity index (χ1n) is 9.73. The number of amides is 1. The Morgan fingerprint density at radius 3 is 2.53 bits per heavy atom. The molecular weight excluding hydrogens is 402 g/mol. The molecule has 30 heavy (non-hydrogen) atoms. The van der Waals surface area contributed by atoms with E-state index in [4.69, 9.17) is 4.74 Å². The Morgan fingerprint density at radius 1 is 1.10 bits per heavy atom. The summed E-state index contributed by atoms with van der Waals surface area (Å²) in [6, 6.07) is 13.7. The first-order chi connectivity index (χ1) is 14.5. The summed E-state index contributed by atoms with van der Waals surface area (Å²) in [7, 11) is 0. The van der Waals surface area contributed by atoms with Gasteiger partial charge in [-0.25, -0.2) is 9.78 Å². The van der Waals surface area contributed by atoms with Crippen molar-refractivity contribution in [3.8, 4) is 0 Å². The van der Waals surface area contributed by atoms with Gasteiger partial charge in [0.2, 0.25) is 5.91 Å². The fraction of sp³-hybridized carbons (Fsp3) is 0.273. The van der Waals surface area contributed by atoms with E-state index in [1.54, 1.807) is 47.9 Å². The van der Waals surface area contributed by atoms with Crippen LogP contribution >= 0.6 is 11.8 Å². The van der Waals surface area contributed by atoms with E-state index in [1.807, 2.05) is 19.1 Å². The number of aromatic nitrogens is 2. The molecule has 7 nitrogen and oxygen atoms in total. The number of fused-ring (bicyclic) bond motifs is 1. The predicted octanol–water partition coefficient (Wildman–Crippen LogP) is 3.71. The third-order valence-electron chi connectivity index (χ3n) is 4.29. The summed E-state index contributed by atoms with van der Waals surface area (Å²) >= 11 is 1.22. The molecule has 0 aliphatic carbocycles. The van der Waals surface area contributed by atoms with Gasteiger partial charge in [-0.1, -0.05) is 30.8 Å². The second-order valence-corrected chi connectivity index (χ2v) is 7.45. The molecule has 1 N–H and O–H groups in total. The van der Waals surface area contributed by atoms with Gasteiger partial charge in [0, 0.05) is 12.2 Å². The number of hydrogen-bond acceptors (Lipinski definition) is 6. The highest BCUT2D eigenvalue weighted by atomic mass is 32.2. The van der Waals surface area contributed by atoms with E-state index in [1.165, 1.54) is 11.8 Å². The number of carbonyl (C=O) groups excluding carboxylic acids is 2. The highest BCUT2D eigenvalue weighted by molar-refractivity contribution is 7.99. The van der Waals surface area contributed by atoms with E-state index in [2.05, 4.69) is 10.3 Å². The fourth-order valence-electron chi connectivity index (χ4n) is 2.91. The molecule has 0 saturated carbocycles. The Morgan fingerprint density at radius 2 is 1.83 bits per heavy atom. The van der Waals surface area contributed by atoms with Crippen molar-refractivity contribution in [1.29, 1.82) is 0 Å². The van der Waals surface area contributed by atoms with Crippen LogP contribution in [0, 0.1) is 0 Å². The molecule has 2 aromatic carbocycles. The van der Waals surface area contributed by atoms with Crippen LogP contribution in [0.3, 0.4) is 0 Å². The van der Waals surface area contributed by atoms with Gasteiger partial charge >= 0.3 is 5.97 Å². The molecule has 8 heteroatoms. The van der Waals surface area contributed by atoms with E-state index in [9.17, 15) is 14.4 Å². The number of hydrogen-bond donors (Lipinski definition) is 1. The standard InChI is InChI=1S/C22H23N3O4S/c1-3-13-25-20(27)17-7-5-6-8-18(17)24-22(25)30-14-19(26)23-16-11-9-15(10-12-16)21(28)29-4-2/h5-12H,3-4,13-14H2,1-2H3,(H,23,26). The van der Waals surface area contributed by atoms with Gasteiger partial charge in [0.05, 0.1) is 28.8 Å². The molecule has 0 aliphatic rings.